The highest BCUT2D eigenvalue weighted by atomic mass is 19.4. The minimum Gasteiger partial charge on any atom is -0.469 e. The van der Waals surface area contributed by atoms with Crippen molar-refractivity contribution in [3.8, 4) is 0 Å². The molecule has 0 saturated carbocycles. The van der Waals surface area contributed by atoms with Gasteiger partial charge in [0.05, 0.1) is 30.5 Å². The first-order valence-corrected chi connectivity index (χ1v) is 4.88. The maximum Gasteiger partial charge on any atom is 0.433 e. The number of carbonyl (C=O) groups excluding carboxylic acids is 1. The highest BCUT2D eigenvalue weighted by Crippen LogP contribution is 2.36. The number of nitrogens with zero attached hydrogens (tertiary/aromatic N) is 1. The molecule has 0 bridgehead atoms. The molecule has 0 fully saturated rings. The smallest absolute Gasteiger partial charge is 0.433 e. The zero-order valence-corrected chi connectivity index (χ0v) is 9.59. The Labute approximate surface area is 104 Å². The summed E-state index contributed by atoms with van der Waals surface area (Å²) in [6, 6.07) is 0.471. The third-order valence-corrected chi connectivity index (χ3v) is 2.21. The Bertz CT molecular complexity index is 488. The lowest BCUT2D eigenvalue weighted by Crippen LogP contribution is -2.17. The van der Waals surface area contributed by atoms with Gasteiger partial charge >= 0.3 is 12.1 Å². The van der Waals surface area contributed by atoms with Crippen LogP contribution < -0.4 is 5.73 Å². The molecule has 0 aliphatic heterocycles. The molecule has 1 rings (SSSR count). The molecule has 0 aliphatic carbocycles. The molecule has 1 aromatic heterocycles. The molecule has 9 heteroatoms. The van der Waals surface area contributed by atoms with E-state index in [1.165, 1.54) is 0 Å². The van der Waals surface area contributed by atoms with Crippen LogP contribution in [0.5, 0.6) is 0 Å². The second-order valence-electron chi connectivity index (χ2n) is 3.51. The van der Waals surface area contributed by atoms with E-state index in [2.05, 4.69) is 9.72 Å². The largest absolute Gasteiger partial charge is 0.469 e. The number of hydrogen-bond acceptors (Lipinski definition) is 4. The molecule has 0 spiro atoms. The van der Waals surface area contributed by atoms with Gasteiger partial charge in [0.2, 0.25) is 0 Å². The molecular formula is C10H9F5N2O2. The Morgan fingerprint density at radius 3 is 2.47 bits per heavy atom. The van der Waals surface area contributed by atoms with E-state index in [-0.39, 0.29) is 0 Å². The Kier molecular flexibility index (Phi) is 4.28. The van der Waals surface area contributed by atoms with Crippen LogP contribution in [0.3, 0.4) is 0 Å². The van der Waals surface area contributed by atoms with E-state index in [4.69, 9.17) is 5.73 Å². The summed E-state index contributed by atoms with van der Waals surface area (Å²) in [6.45, 7) is 0. The summed E-state index contributed by atoms with van der Waals surface area (Å²) < 4.78 is 67.0. The second kappa shape index (κ2) is 5.37. The molecule has 0 aromatic carbocycles. The van der Waals surface area contributed by atoms with Crippen molar-refractivity contribution in [1.82, 2.24) is 4.98 Å². The number of esters is 1. The molecule has 1 aromatic rings. The number of pyridine rings is 1. The fourth-order valence-electron chi connectivity index (χ4n) is 1.33. The molecule has 2 N–H and O–H groups in total. The molecule has 1 heterocycles. The van der Waals surface area contributed by atoms with Crippen LogP contribution >= 0.6 is 0 Å². The molecule has 106 valence electrons. The number of nitrogen functional groups attached to an aromatic ring is 1. The van der Waals surface area contributed by atoms with E-state index in [1.54, 1.807) is 0 Å². The van der Waals surface area contributed by atoms with E-state index in [9.17, 15) is 26.7 Å². The van der Waals surface area contributed by atoms with Crippen LogP contribution in [0.15, 0.2) is 6.07 Å². The summed E-state index contributed by atoms with van der Waals surface area (Å²) >= 11 is 0. The monoisotopic (exact) mass is 284 g/mol. The number of hydrogen-bond donors (Lipinski definition) is 1. The molecule has 0 saturated heterocycles. The zero-order chi connectivity index (χ0) is 14.8. The van der Waals surface area contributed by atoms with Crippen molar-refractivity contribution < 1.29 is 31.5 Å². The van der Waals surface area contributed by atoms with Crippen molar-refractivity contribution in [2.24, 2.45) is 0 Å². The van der Waals surface area contributed by atoms with Gasteiger partial charge in [0.15, 0.2) is 5.69 Å². The fourth-order valence-corrected chi connectivity index (χ4v) is 1.33. The summed E-state index contributed by atoms with van der Waals surface area (Å²) in [6.07, 6.45) is -9.07. The van der Waals surface area contributed by atoms with E-state index in [1.807, 2.05) is 0 Å². The highest BCUT2D eigenvalue weighted by Gasteiger charge is 2.38. The molecule has 19 heavy (non-hydrogen) atoms. The molecule has 4 nitrogen and oxygen atoms in total. The van der Waals surface area contributed by atoms with Crippen LogP contribution in [-0.2, 0) is 22.1 Å². The molecule has 0 amide bonds. The van der Waals surface area contributed by atoms with Gasteiger partial charge < -0.3 is 10.5 Å². The number of nitrogens with two attached hydrogens (primary N) is 1. The normalized spacial score (nSPS) is 11.7. The van der Waals surface area contributed by atoms with Crippen molar-refractivity contribution in [3.05, 3.63) is 23.0 Å². The number of methoxy groups -OCH3 is 1. The average molecular weight is 284 g/mol. The summed E-state index contributed by atoms with van der Waals surface area (Å²) in [4.78, 5) is 14.0. The first kappa shape index (κ1) is 15.1. The Hall–Kier alpha value is -1.93. The number of rotatable bonds is 3. The second-order valence-corrected chi connectivity index (χ2v) is 3.51. The maximum atomic E-state index is 12.6. The molecule has 0 atom stereocenters. The van der Waals surface area contributed by atoms with E-state index in [0.717, 1.165) is 7.11 Å². The van der Waals surface area contributed by atoms with E-state index < -0.39 is 47.6 Å². The standard InChI is InChI=1S/C10H9F5N2O2/c1-19-7(18)3-6-5(16)2-4(9(11)12)8(17-6)10(13,14)15/h2,9H,3,16H2,1H3. The van der Waals surface area contributed by atoms with Gasteiger partial charge in [-0.25, -0.2) is 13.8 Å². The van der Waals surface area contributed by atoms with Crippen LogP contribution in [0.1, 0.15) is 23.4 Å². The van der Waals surface area contributed by atoms with Gasteiger partial charge in [0, 0.05) is 0 Å². The minimum absolute atomic E-state index is 0.422. The maximum absolute atomic E-state index is 12.6. The Morgan fingerprint density at radius 1 is 1.47 bits per heavy atom. The van der Waals surface area contributed by atoms with Crippen LogP contribution in [0, 0.1) is 0 Å². The number of anilines is 1. The molecule has 0 radical (unpaired) electrons. The van der Waals surface area contributed by atoms with Crippen molar-refractivity contribution >= 4 is 11.7 Å². The minimum atomic E-state index is -5.07. The van der Waals surface area contributed by atoms with Gasteiger partial charge in [-0.1, -0.05) is 0 Å². The van der Waals surface area contributed by atoms with Gasteiger partial charge in [0.1, 0.15) is 0 Å². The average Bonchev–Trinajstić information content (AvgIpc) is 2.29. The molecule has 0 unspecified atom stereocenters. The lowest BCUT2D eigenvalue weighted by Gasteiger charge is -2.14. The quantitative estimate of drug-likeness (QED) is 0.683. The van der Waals surface area contributed by atoms with Crippen molar-refractivity contribution in [2.45, 2.75) is 19.0 Å². The number of ether oxygens (including phenoxy) is 1. The fraction of sp³-hybridized carbons (Fsp3) is 0.400. The van der Waals surface area contributed by atoms with Gasteiger partial charge in [-0.3, -0.25) is 4.79 Å². The van der Waals surface area contributed by atoms with Gasteiger partial charge in [-0.2, -0.15) is 13.2 Å². The number of halogens is 5. The van der Waals surface area contributed by atoms with Gasteiger partial charge in [0.25, 0.3) is 6.43 Å². The number of aromatic nitrogens is 1. The third kappa shape index (κ3) is 3.52. The van der Waals surface area contributed by atoms with Crippen molar-refractivity contribution in [3.63, 3.8) is 0 Å². The number of alkyl halides is 5. The Balaban J connectivity index is 3.34. The first-order valence-electron chi connectivity index (χ1n) is 4.88. The van der Waals surface area contributed by atoms with Crippen LogP contribution in [0.4, 0.5) is 27.6 Å². The first-order chi connectivity index (χ1) is 8.66. The van der Waals surface area contributed by atoms with Crippen LogP contribution in [0.2, 0.25) is 0 Å². The predicted molar refractivity (Wildman–Crippen MR) is 54.3 cm³/mol. The highest BCUT2D eigenvalue weighted by molar-refractivity contribution is 5.74. The summed E-state index contributed by atoms with van der Waals surface area (Å²) in [7, 11) is 1.02. The topological polar surface area (TPSA) is 65.2 Å². The van der Waals surface area contributed by atoms with Crippen molar-refractivity contribution in [1.29, 1.82) is 0 Å². The van der Waals surface area contributed by atoms with Crippen molar-refractivity contribution in [2.75, 3.05) is 12.8 Å². The third-order valence-electron chi connectivity index (χ3n) is 2.21. The van der Waals surface area contributed by atoms with Gasteiger partial charge in [-0.05, 0) is 6.07 Å². The molecular weight excluding hydrogens is 275 g/mol. The molecule has 0 aliphatic rings. The zero-order valence-electron chi connectivity index (χ0n) is 9.59. The number of carbonyl (C=O) groups is 1. The Morgan fingerprint density at radius 2 is 2.05 bits per heavy atom. The van der Waals surface area contributed by atoms with E-state index in [0.29, 0.717) is 6.07 Å². The predicted octanol–water partition coefficient (Wildman–Crippen LogP) is 2.34. The summed E-state index contributed by atoms with van der Waals surface area (Å²) in [5.74, 6) is -0.878. The summed E-state index contributed by atoms with van der Waals surface area (Å²) in [5, 5.41) is 0. The van der Waals surface area contributed by atoms with Gasteiger partial charge in [-0.15, -0.1) is 0 Å². The van der Waals surface area contributed by atoms with Crippen LogP contribution in [-0.4, -0.2) is 18.1 Å². The lowest BCUT2D eigenvalue weighted by atomic mass is 10.1. The SMILES string of the molecule is COC(=O)Cc1nc(C(F)(F)F)c(C(F)F)cc1N. The van der Waals surface area contributed by atoms with E-state index >= 15 is 0 Å². The lowest BCUT2D eigenvalue weighted by molar-refractivity contribution is -0.144. The summed E-state index contributed by atoms with van der Waals surface area (Å²) in [5.41, 5.74) is 1.35. The van der Waals surface area contributed by atoms with Crippen LogP contribution in [0.25, 0.3) is 0 Å².